The van der Waals surface area contributed by atoms with E-state index < -0.39 is 30.2 Å². The second-order valence-electron chi connectivity index (χ2n) is 7.27. The van der Waals surface area contributed by atoms with Gasteiger partial charge in [-0.1, -0.05) is 35.5 Å². The molecule has 8 nitrogen and oxygen atoms in total. The highest BCUT2D eigenvalue weighted by Gasteiger charge is 2.42. The fourth-order valence-corrected chi connectivity index (χ4v) is 4.25. The van der Waals surface area contributed by atoms with E-state index in [-0.39, 0.29) is 12.4 Å². The van der Waals surface area contributed by atoms with Crippen LogP contribution < -0.4 is 9.47 Å². The third kappa shape index (κ3) is 6.26. The summed E-state index contributed by atoms with van der Waals surface area (Å²) in [6.07, 6.45) is 1.64. The molecule has 9 heteroatoms. The number of thioether (sulfide) groups is 1. The van der Waals surface area contributed by atoms with Crippen LogP contribution in [0.15, 0.2) is 52.4 Å². The molecule has 0 aliphatic carbocycles. The van der Waals surface area contributed by atoms with Crippen molar-refractivity contribution in [2.75, 3.05) is 19.8 Å². The fourth-order valence-electron chi connectivity index (χ4n) is 3.14. The summed E-state index contributed by atoms with van der Waals surface area (Å²) in [7, 11) is 0. The highest BCUT2D eigenvalue weighted by atomic mass is 32.2. The lowest BCUT2D eigenvalue weighted by Crippen LogP contribution is -2.27. The minimum atomic E-state index is -1.12. The highest BCUT2D eigenvalue weighted by Crippen LogP contribution is 2.39. The smallest absolute Gasteiger partial charge is 0.341 e. The molecule has 1 N–H and O–H groups in total. The van der Waals surface area contributed by atoms with Gasteiger partial charge in [0.15, 0.2) is 29.8 Å². The fraction of sp³-hybridized carbons (Fsp3) is 0.280. The highest BCUT2D eigenvalue weighted by molar-refractivity contribution is 8.19. The first-order chi connectivity index (χ1) is 16.3. The van der Waals surface area contributed by atoms with Crippen molar-refractivity contribution in [3.8, 4) is 11.5 Å². The number of nitrogens with zero attached hydrogens (tertiary/aromatic N) is 1. The summed E-state index contributed by atoms with van der Waals surface area (Å²) in [5.74, 6) is -2.62. The zero-order valence-electron chi connectivity index (χ0n) is 19.1. The summed E-state index contributed by atoms with van der Waals surface area (Å²) in [5.41, 5.74) is 2.33. The first-order valence-electron chi connectivity index (χ1n) is 10.7. The summed E-state index contributed by atoms with van der Waals surface area (Å²) >= 11 is 1.12. The number of carboxylic acids is 1. The van der Waals surface area contributed by atoms with Gasteiger partial charge in [-0.3, -0.25) is 9.59 Å². The maximum Gasteiger partial charge on any atom is 0.341 e. The molecule has 1 atom stereocenters. The lowest BCUT2D eigenvalue weighted by molar-refractivity contribution is -0.147. The van der Waals surface area contributed by atoms with Crippen LogP contribution in [0.3, 0.4) is 0 Å². The number of Topliss-reactive ketones (excluding diaryl/α,β-unsaturated/α-hetero) is 1. The lowest BCUT2D eigenvalue weighted by atomic mass is 10.0. The van der Waals surface area contributed by atoms with Crippen LogP contribution in [0.1, 0.15) is 25.0 Å². The number of aryl methyl sites for hydroxylation is 1. The summed E-state index contributed by atoms with van der Waals surface area (Å²) in [6, 6.07) is 12.4. The number of ether oxygens (including phenoxy) is 3. The first-order valence-corrected chi connectivity index (χ1v) is 11.5. The Hall–Kier alpha value is -3.59. The van der Waals surface area contributed by atoms with Crippen LogP contribution in [0.4, 0.5) is 5.69 Å². The Labute approximate surface area is 201 Å². The van der Waals surface area contributed by atoms with Crippen molar-refractivity contribution in [2.24, 2.45) is 10.9 Å². The number of carbonyl (C=O) groups is 3. The standard InChI is InChI=1S/C25H25NO7S/c1-4-31-19-12-16(8-11-18(19)33-14-21(27)28)13-20-23(29)22(25(30)32-5-2)24(34-20)26-17-9-6-15(3)7-10-17/h6-13,22H,4-5,14H2,1-3H3,(H,27,28)/b20-13-,26-24?. The van der Waals surface area contributed by atoms with Crippen LogP contribution in [-0.2, 0) is 19.1 Å². The molecule has 1 fully saturated rings. The average Bonchev–Trinajstić information content (AvgIpc) is 3.09. The minimum Gasteiger partial charge on any atom is -0.490 e. The Morgan fingerprint density at radius 2 is 1.79 bits per heavy atom. The van der Waals surface area contributed by atoms with E-state index in [0.717, 1.165) is 17.3 Å². The summed E-state index contributed by atoms with van der Waals surface area (Å²) in [4.78, 5) is 41.4. The third-order valence-electron chi connectivity index (χ3n) is 4.68. The molecule has 1 saturated heterocycles. The number of hydrogen-bond acceptors (Lipinski definition) is 8. The SMILES string of the molecule is CCOC(=O)C1C(=O)/C(=C/c2ccc(OCC(=O)O)c(OCC)c2)SC1=Nc1ccc(C)cc1. The van der Waals surface area contributed by atoms with Crippen LogP contribution in [0, 0.1) is 12.8 Å². The Morgan fingerprint density at radius 3 is 2.44 bits per heavy atom. The average molecular weight is 484 g/mol. The topological polar surface area (TPSA) is 111 Å². The Kier molecular flexibility index (Phi) is 8.48. The molecule has 0 spiro atoms. The molecule has 3 rings (SSSR count). The number of carboxylic acid groups (broad SMARTS) is 1. The van der Waals surface area contributed by atoms with Gasteiger partial charge in [0.2, 0.25) is 0 Å². The van der Waals surface area contributed by atoms with Crippen molar-refractivity contribution in [3.63, 3.8) is 0 Å². The number of rotatable bonds is 9. The Morgan fingerprint density at radius 1 is 1.06 bits per heavy atom. The molecule has 0 amide bonds. The third-order valence-corrected chi connectivity index (χ3v) is 5.75. The largest absolute Gasteiger partial charge is 0.490 e. The van der Waals surface area contributed by atoms with E-state index in [0.29, 0.717) is 33.6 Å². The number of hydrogen-bond donors (Lipinski definition) is 1. The van der Waals surface area contributed by atoms with Gasteiger partial charge in [0.05, 0.1) is 23.8 Å². The number of allylic oxidation sites excluding steroid dienone is 1. The molecule has 0 saturated carbocycles. The molecule has 2 aromatic rings. The van der Waals surface area contributed by atoms with Gasteiger partial charge in [-0.2, -0.15) is 0 Å². The maximum atomic E-state index is 13.1. The van der Waals surface area contributed by atoms with Crippen LogP contribution in [0.25, 0.3) is 6.08 Å². The number of esters is 1. The monoisotopic (exact) mass is 483 g/mol. The molecule has 1 unspecified atom stereocenters. The second-order valence-corrected chi connectivity index (χ2v) is 8.33. The van der Waals surface area contributed by atoms with Crippen molar-refractivity contribution in [2.45, 2.75) is 20.8 Å². The predicted octanol–water partition coefficient (Wildman–Crippen LogP) is 4.42. The number of aliphatic carboxylic acids is 1. The minimum absolute atomic E-state index is 0.152. The molecule has 0 radical (unpaired) electrons. The van der Waals surface area contributed by atoms with E-state index in [1.54, 1.807) is 38.1 Å². The first kappa shape index (κ1) is 25.0. The molecular formula is C25H25NO7S. The van der Waals surface area contributed by atoms with Crippen LogP contribution in [0.5, 0.6) is 11.5 Å². The number of carbonyl (C=O) groups excluding carboxylic acids is 2. The van der Waals surface area contributed by atoms with Gasteiger partial charge in [0, 0.05) is 0 Å². The Bertz CT molecular complexity index is 1140. The molecule has 0 aromatic heterocycles. The molecular weight excluding hydrogens is 458 g/mol. The van der Waals surface area contributed by atoms with Gasteiger partial charge in [0.25, 0.3) is 0 Å². The van der Waals surface area contributed by atoms with E-state index >= 15 is 0 Å². The quantitative estimate of drug-likeness (QED) is 0.317. The molecule has 0 bridgehead atoms. The predicted molar refractivity (Wildman–Crippen MR) is 130 cm³/mol. The van der Waals surface area contributed by atoms with E-state index in [1.807, 2.05) is 31.2 Å². The normalized spacial score (nSPS) is 17.7. The molecule has 34 heavy (non-hydrogen) atoms. The zero-order valence-corrected chi connectivity index (χ0v) is 19.9. The van der Waals surface area contributed by atoms with Crippen LogP contribution in [-0.4, -0.2) is 47.7 Å². The van der Waals surface area contributed by atoms with Gasteiger partial charge in [-0.25, -0.2) is 9.79 Å². The van der Waals surface area contributed by atoms with Gasteiger partial charge >= 0.3 is 11.9 Å². The van der Waals surface area contributed by atoms with E-state index in [2.05, 4.69) is 4.99 Å². The van der Waals surface area contributed by atoms with Crippen molar-refractivity contribution in [1.29, 1.82) is 0 Å². The van der Waals surface area contributed by atoms with Gasteiger partial charge in [-0.05, 0) is 56.7 Å². The summed E-state index contributed by atoms with van der Waals surface area (Å²) in [5, 5.41) is 9.21. The number of ketones is 1. The molecule has 1 heterocycles. The lowest BCUT2D eigenvalue weighted by Gasteiger charge is -2.11. The molecule has 1 aliphatic heterocycles. The second kappa shape index (κ2) is 11.5. The Balaban J connectivity index is 1.95. The maximum absolute atomic E-state index is 13.1. The van der Waals surface area contributed by atoms with E-state index in [1.165, 1.54) is 0 Å². The zero-order chi connectivity index (χ0) is 24.7. The van der Waals surface area contributed by atoms with Gasteiger partial charge < -0.3 is 19.3 Å². The van der Waals surface area contributed by atoms with Gasteiger partial charge in [-0.15, -0.1) is 0 Å². The van der Waals surface area contributed by atoms with Crippen LogP contribution in [0.2, 0.25) is 0 Å². The molecule has 1 aliphatic rings. The van der Waals surface area contributed by atoms with E-state index in [4.69, 9.17) is 19.3 Å². The number of aliphatic imine (C=N–C) groups is 1. The van der Waals surface area contributed by atoms with Crippen molar-refractivity contribution >= 4 is 46.3 Å². The van der Waals surface area contributed by atoms with Crippen molar-refractivity contribution in [3.05, 3.63) is 58.5 Å². The summed E-state index contributed by atoms with van der Waals surface area (Å²) < 4.78 is 16.0. The number of benzene rings is 2. The molecule has 178 valence electrons. The van der Waals surface area contributed by atoms with Gasteiger partial charge in [0.1, 0.15) is 5.04 Å². The summed E-state index contributed by atoms with van der Waals surface area (Å²) in [6.45, 7) is 5.42. The van der Waals surface area contributed by atoms with Crippen molar-refractivity contribution in [1.82, 2.24) is 0 Å². The molecule has 2 aromatic carbocycles. The van der Waals surface area contributed by atoms with Crippen molar-refractivity contribution < 1.29 is 33.7 Å². The van der Waals surface area contributed by atoms with E-state index in [9.17, 15) is 14.4 Å². The van der Waals surface area contributed by atoms with Crippen LogP contribution >= 0.6 is 11.8 Å².